The first-order chi connectivity index (χ1) is 6.73. The van der Waals surface area contributed by atoms with Crippen molar-refractivity contribution in [2.24, 2.45) is 0 Å². The molecule has 82 valence electrons. The normalized spacial score (nSPS) is 11.7. The number of rotatable bonds is 1. The van der Waals surface area contributed by atoms with Crippen LogP contribution in [-0.2, 0) is 6.18 Å². The molecule has 0 radical (unpaired) electrons. The topological polar surface area (TPSA) is 40.5 Å². The van der Waals surface area contributed by atoms with Crippen molar-refractivity contribution in [2.75, 3.05) is 0 Å². The van der Waals surface area contributed by atoms with E-state index in [0.29, 0.717) is 6.07 Å². The van der Waals surface area contributed by atoms with Gasteiger partial charge >= 0.3 is 13.3 Å². The van der Waals surface area contributed by atoms with E-state index in [-0.39, 0.29) is 6.07 Å². The molecule has 0 unspecified atom stereocenters. The Morgan fingerprint density at radius 2 is 1.73 bits per heavy atom. The van der Waals surface area contributed by atoms with Crippen molar-refractivity contribution in [1.82, 2.24) is 0 Å². The predicted molar refractivity (Wildman–Crippen MR) is 46.2 cm³/mol. The minimum absolute atomic E-state index is 0.122. The highest BCUT2D eigenvalue weighted by Gasteiger charge is 2.35. The van der Waals surface area contributed by atoms with Crippen molar-refractivity contribution in [3.05, 3.63) is 28.5 Å². The maximum atomic E-state index is 12.9. The van der Waals surface area contributed by atoms with Crippen molar-refractivity contribution in [3.8, 4) is 0 Å². The van der Waals surface area contributed by atoms with Gasteiger partial charge in [-0.2, -0.15) is 13.2 Å². The number of benzene rings is 1. The summed E-state index contributed by atoms with van der Waals surface area (Å²) in [6, 6.07) is 0.654. The van der Waals surface area contributed by atoms with E-state index in [2.05, 4.69) is 0 Å². The van der Waals surface area contributed by atoms with Gasteiger partial charge in [0.15, 0.2) is 0 Å². The molecule has 0 saturated heterocycles. The second-order valence-corrected chi connectivity index (χ2v) is 3.13. The van der Waals surface area contributed by atoms with Crippen LogP contribution in [0.25, 0.3) is 0 Å². The van der Waals surface area contributed by atoms with E-state index in [1.54, 1.807) is 0 Å². The van der Waals surface area contributed by atoms with Gasteiger partial charge in [0.2, 0.25) is 0 Å². The Morgan fingerprint density at radius 3 is 2.13 bits per heavy atom. The van der Waals surface area contributed by atoms with Crippen LogP contribution < -0.4 is 5.46 Å². The largest absolute Gasteiger partial charge is 0.491 e. The molecule has 0 aromatic heterocycles. The first-order valence-corrected chi connectivity index (χ1v) is 4.03. The van der Waals surface area contributed by atoms with E-state index in [9.17, 15) is 17.6 Å². The van der Waals surface area contributed by atoms with E-state index in [4.69, 9.17) is 21.6 Å². The lowest BCUT2D eigenvalue weighted by Crippen LogP contribution is -2.33. The molecule has 1 rings (SSSR count). The van der Waals surface area contributed by atoms with Crippen LogP contribution in [0.4, 0.5) is 17.6 Å². The minimum atomic E-state index is -4.78. The van der Waals surface area contributed by atoms with Crippen LogP contribution in [0.15, 0.2) is 12.1 Å². The average molecular weight is 242 g/mol. The van der Waals surface area contributed by atoms with E-state index in [0.717, 1.165) is 0 Å². The fourth-order valence-corrected chi connectivity index (χ4v) is 1.26. The maximum Gasteiger partial charge on any atom is 0.491 e. The molecule has 0 spiro atoms. The quantitative estimate of drug-likeness (QED) is 0.573. The monoisotopic (exact) mass is 242 g/mol. The second-order valence-electron chi connectivity index (χ2n) is 2.72. The summed E-state index contributed by atoms with van der Waals surface area (Å²) < 4.78 is 49.5. The molecule has 1 aromatic carbocycles. The number of halogens is 5. The lowest BCUT2D eigenvalue weighted by atomic mass is 9.79. The summed E-state index contributed by atoms with van der Waals surface area (Å²) in [6.45, 7) is 0. The Labute approximate surface area is 87.2 Å². The highest BCUT2D eigenvalue weighted by molar-refractivity contribution is 6.59. The summed E-state index contributed by atoms with van der Waals surface area (Å²) in [4.78, 5) is 0. The first kappa shape index (κ1) is 12.3. The van der Waals surface area contributed by atoms with Crippen molar-refractivity contribution >= 4 is 24.2 Å². The third-order valence-electron chi connectivity index (χ3n) is 1.67. The van der Waals surface area contributed by atoms with Gasteiger partial charge in [0.25, 0.3) is 0 Å². The van der Waals surface area contributed by atoms with Gasteiger partial charge in [0.05, 0.1) is 10.6 Å². The molecular weight excluding hydrogens is 238 g/mol. The number of hydrogen-bond acceptors (Lipinski definition) is 2. The molecular formula is C7H4BClF4O2. The Balaban J connectivity index is 3.32. The molecule has 0 amide bonds. The van der Waals surface area contributed by atoms with E-state index >= 15 is 0 Å². The molecule has 1 aromatic rings. The Bertz CT molecular complexity index is 380. The van der Waals surface area contributed by atoms with Gasteiger partial charge in [-0.25, -0.2) is 4.39 Å². The van der Waals surface area contributed by atoms with Gasteiger partial charge < -0.3 is 10.0 Å². The van der Waals surface area contributed by atoms with Crippen molar-refractivity contribution in [2.45, 2.75) is 6.18 Å². The summed E-state index contributed by atoms with van der Waals surface area (Å²) in [5, 5.41) is 16.4. The second kappa shape index (κ2) is 4.00. The predicted octanol–water partition coefficient (Wildman–Crippen LogP) is 1.18. The molecule has 0 heterocycles. The van der Waals surface area contributed by atoms with Gasteiger partial charge in [-0.15, -0.1) is 0 Å². The van der Waals surface area contributed by atoms with Crippen molar-refractivity contribution < 1.29 is 27.6 Å². The van der Waals surface area contributed by atoms with E-state index < -0.39 is 35.2 Å². The molecule has 2 N–H and O–H groups in total. The summed E-state index contributed by atoms with van der Waals surface area (Å²) in [7, 11) is -2.20. The van der Waals surface area contributed by atoms with Gasteiger partial charge in [-0.3, -0.25) is 0 Å². The zero-order valence-electron chi connectivity index (χ0n) is 7.02. The molecule has 0 aliphatic heterocycles. The SMILES string of the molecule is OB(O)c1cc(Cl)c(C(F)(F)F)cc1F. The van der Waals surface area contributed by atoms with Crippen LogP contribution in [0, 0.1) is 5.82 Å². The summed E-state index contributed by atoms with van der Waals surface area (Å²) in [5.41, 5.74) is -2.06. The Hall–Kier alpha value is -0.785. The Kier molecular flexibility index (Phi) is 3.27. The van der Waals surface area contributed by atoms with Crippen LogP contribution in [0.5, 0.6) is 0 Å². The molecule has 8 heteroatoms. The third-order valence-corrected chi connectivity index (χ3v) is 1.98. The van der Waals surface area contributed by atoms with Gasteiger partial charge in [0.1, 0.15) is 5.82 Å². The maximum absolute atomic E-state index is 12.9. The zero-order valence-corrected chi connectivity index (χ0v) is 7.77. The first-order valence-electron chi connectivity index (χ1n) is 3.65. The van der Waals surface area contributed by atoms with Crippen molar-refractivity contribution in [3.63, 3.8) is 0 Å². The van der Waals surface area contributed by atoms with Gasteiger partial charge in [-0.05, 0) is 12.1 Å². The summed E-state index contributed by atoms with van der Waals surface area (Å²) in [5.74, 6) is -1.37. The lowest BCUT2D eigenvalue weighted by molar-refractivity contribution is -0.137. The van der Waals surface area contributed by atoms with Crippen LogP contribution in [0.3, 0.4) is 0 Å². The summed E-state index contributed by atoms with van der Waals surface area (Å²) in [6.07, 6.45) is -4.78. The third kappa shape index (κ3) is 2.61. The fraction of sp³-hybridized carbons (Fsp3) is 0.143. The standard InChI is InChI=1S/C7H4BClF4O2/c9-5-2-4(8(14)15)6(10)1-3(5)7(11,12)13/h1-2,14-15H. The van der Waals surface area contributed by atoms with Crippen molar-refractivity contribution in [1.29, 1.82) is 0 Å². The number of hydrogen-bond donors (Lipinski definition) is 2. The van der Waals surface area contributed by atoms with Gasteiger partial charge in [-0.1, -0.05) is 11.6 Å². The average Bonchev–Trinajstić information content (AvgIpc) is 2.06. The van der Waals surface area contributed by atoms with Gasteiger partial charge in [0, 0.05) is 5.46 Å². The number of alkyl halides is 3. The molecule has 2 nitrogen and oxygen atoms in total. The lowest BCUT2D eigenvalue weighted by Gasteiger charge is -2.11. The van der Waals surface area contributed by atoms with Crippen LogP contribution in [0.1, 0.15) is 5.56 Å². The van der Waals surface area contributed by atoms with E-state index in [1.807, 2.05) is 0 Å². The molecule has 0 aliphatic rings. The van der Waals surface area contributed by atoms with Crippen LogP contribution in [-0.4, -0.2) is 17.2 Å². The van der Waals surface area contributed by atoms with E-state index in [1.165, 1.54) is 0 Å². The van der Waals surface area contributed by atoms with Crippen LogP contribution >= 0.6 is 11.6 Å². The molecule has 0 saturated carbocycles. The Morgan fingerprint density at radius 1 is 1.20 bits per heavy atom. The highest BCUT2D eigenvalue weighted by Crippen LogP contribution is 2.34. The molecule has 15 heavy (non-hydrogen) atoms. The molecule has 0 fully saturated rings. The highest BCUT2D eigenvalue weighted by atomic mass is 35.5. The smallest absolute Gasteiger partial charge is 0.423 e. The van der Waals surface area contributed by atoms with Crippen LogP contribution in [0.2, 0.25) is 5.02 Å². The summed E-state index contributed by atoms with van der Waals surface area (Å²) >= 11 is 5.22. The molecule has 0 bridgehead atoms. The minimum Gasteiger partial charge on any atom is -0.423 e. The fourth-order valence-electron chi connectivity index (χ4n) is 0.977. The molecule has 0 atom stereocenters. The molecule has 0 aliphatic carbocycles. The zero-order chi connectivity index (χ0) is 11.8.